The molecule has 0 amide bonds. The van der Waals surface area contributed by atoms with Crippen molar-refractivity contribution in [1.82, 2.24) is 19.5 Å². The Hall–Kier alpha value is -4.18. The van der Waals surface area contributed by atoms with Gasteiger partial charge in [-0.15, -0.1) is 0 Å². The standard InChI is InChI=1S/C27H20N4/c1-18-12-15-26(29-18)31-25-11-3-2-9-21(25)22-13-14-24(30-27(22)31)20-8-6-7-19(17-20)23-10-4-5-16-28-23/h2-17,29H,1H3. The molecule has 31 heavy (non-hydrogen) atoms. The van der Waals surface area contributed by atoms with Crippen LogP contribution in [0.15, 0.2) is 97.2 Å². The molecule has 0 aliphatic heterocycles. The molecule has 4 aromatic heterocycles. The van der Waals surface area contributed by atoms with Crippen molar-refractivity contribution in [3.63, 3.8) is 0 Å². The van der Waals surface area contributed by atoms with Crippen LogP contribution in [0, 0.1) is 6.92 Å². The second-order valence-electron chi connectivity index (χ2n) is 7.74. The van der Waals surface area contributed by atoms with Gasteiger partial charge >= 0.3 is 0 Å². The lowest BCUT2D eigenvalue weighted by Gasteiger charge is -2.07. The van der Waals surface area contributed by atoms with Crippen LogP contribution in [0.4, 0.5) is 0 Å². The van der Waals surface area contributed by atoms with Crippen molar-refractivity contribution < 1.29 is 0 Å². The van der Waals surface area contributed by atoms with Gasteiger partial charge in [0.15, 0.2) is 0 Å². The maximum atomic E-state index is 5.13. The van der Waals surface area contributed by atoms with Crippen molar-refractivity contribution in [2.75, 3.05) is 0 Å². The first-order valence-electron chi connectivity index (χ1n) is 10.4. The van der Waals surface area contributed by atoms with Gasteiger partial charge in [0.25, 0.3) is 0 Å². The Morgan fingerprint density at radius 2 is 1.55 bits per heavy atom. The number of fused-ring (bicyclic) bond motifs is 3. The second-order valence-corrected chi connectivity index (χ2v) is 7.74. The van der Waals surface area contributed by atoms with Gasteiger partial charge in [-0.25, -0.2) is 4.98 Å². The first-order valence-corrected chi connectivity index (χ1v) is 10.4. The van der Waals surface area contributed by atoms with E-state index in [0.29, 0.717) is 0 Å². The molecule has 4 nitrogen and oxygen atoms in total. The number of rotatable bonds is 3. The fourth-order valence-corrected chi connectivity index (χ4v) is 4.24. The van der Waals surface area contributed by atoms with Crippen LogP contribution >= 0.6 is 0 Å². The van der Waals surface area contributed by atoms with Gasteiger partial charge in [-0.05, 0) is 55.5 Å². The van der Waals surface area contributed by atoms with E-state index < -0.39 is 0 Å². The summed E-state index contributed by atoms with van der Waals surface area (Å²) in [6.07, 6.45) is 1.82. The molecule has 148 valence electrons. The molecule has 0 bridgehead atoms. The highest BCUT2D eigenvalue weighted by molar-refractivity contribution is 6.08. The Balaban J connectivity index is 1.58. The monoisotopic (exact) mass is 400 g/mol. The number of pyridine rings is 2. The van der Waals surface area contributed by atoms with Crippen LogP contribution in [0.1, 0.15) is 5.69 Å². The molecule has 1 N–H and O–H groups in total. The summed E-state index contributed by atoms with van der Waals surface area (Å²) in [7, 11) is 0. The molecule has 0 radical (unpaired) electrons. The predicted octanol–water partition coefficient (Wildman–Crippen LogP) is 6.54. The summed E-state index contributed by atoms with van der Waals surface area (Å²) in [5.41, 5.74) is 7.28. The number of benzene rings is 2. The van der Waals surface area contributed by atoms with Crippen molar-refractivity contribution in [1.29, 1.82) is 0 Å². The van der Waals surface area contributed by atoms with Gasteiger partial charge in [0, 0.05) is 33.8 Å². The third kappa shape index (κ3) is 2.92. The fourth-order valence-electron chi connectivity index (χ4n) is 4.24. The average molecular weight is 400 g/mol. The van der Waals surface area contributed by atoms with Crippen molar-refractivity contribution in [3.05, 3.63) is 103 Å². The van der Waals surface area contributed by atoms with E-state index in [1.165, 1.54) is 5.39 Å². The number of aryl methyl sites for hydroxylation is 1. The minimum atomic E-state index is 0.942. The van der Waals surface area contributed by atoms with Gasteiger partial charge in [0.05, 0.1) is 16.9 Å². The van der Waals surface area contributed by atoms with Crippen molar-refractivity contribution >= 4 is 21.9 Å². The average Bonchev–Trinajstić information content (AvgIpc) is 3.40. The molecule has 0 saturated carbocycles. The Labute approximate surface area is 179 Å². The number of hydrogen-bond donors (Lipinski definition) is 1. The molecule has 4 heterocycles. The van der Waals surface area contributed by atoms with Crippen LogP contribution in [0.25, 0.3) is 50.3 Å². The number of aromatic amines is 1. The summed E-state index contributed by atoms with van der Waals surface area (Å²) in [5, 5.41) is 2.35. The Bertz CT molecular complexity index is 1540. The molecule has 0 spiro atoms. The number of aromatic nitrogens is 4. The molecular formula is C27H20N4. The van der Waals surface area contributed by atoms with Gasteiger partial charge in [-0.3, -0.25) is 9.55 Å². The molecule has 6 aromatic rings. The highest BCUT2D eigenvalue weighted by atomic mass is 15.1. The van der Waals surface area contributed by atoms with E-state index in [-0.39, 0.29) is 0 Å². The summed E-state index contributed by atoms with van der Waals surface area (Å²) < 4.78 is 2.21. The summed E-state index contributed by atoms with van der Waals surface area (Å²) in [4.78, 5) is 13.1. The second kappa shape index (κ2) is 6.96. The summed E-state index contributed by atoms with van der Waals surface area (Å²) in [6.45, 7) is 2.07. The maximum Gasteiger partial charge on any atom is 0.147 e. The molecule has 4 heteroatoms. The van der Waals surface area contributed by atoms with Crippen LogP contribution in [-0.4, -0.2) is 19.5 Å². The van der Waals surface area contributed by atoms with Gasteiger partial charge in [-0.1, -0.05) is 42.5 Å². The Kier molecular flexibility index (Phi) is 3.96. The normalized spacial score (nSPS) is 11.4. The fraction of sp³-hybridized carbons (Fsp3) is 0.0370. The molecule has 6 rings (SSSR count). The topological polar surface area (TPSA) is 46.5 Å². The maximum absolute atomic E-state index is 5.13. The van der Waals surface area contributed by atoms with Crippen LogP contribution in [0.5, 0.6) is 0 Å². The molecule has 0 unspecified atom stereocenters. The zero-order valence-corrected chi connectivity index (χ0v) is 17.1. The highest BCUT2D eigenvalue weighted by Crippen LogP contribution is 2.33. The van der Waals surface area contributed by atoms with E-state index in [0.717, 1.165) is 50.6 Å². The molecule has 0 saturated heterocycles. The van der Waals surface area contributed by atoms with E-state index in [1.807, 2.05) is 24.4 Å². The molecule has 2 aromatic carbocycles. The minimum absolute atomic E-state index is 0.942. The molecule has 0 aliphatic rings. The van der Waals surface area contributed by atoms with Gasteiger partial charge in [0.1, 0.15) is 11.5 Å². The number of nitrogens with one attached hydrogen (secondary N) is 1. The third-order valence-electron chi connectivity index (χ3n) is 5.70. The molecular weight excluding hydrogens is 380 g/mol. The Morgan fingerprint density at radius 3 is 2.35 bits per heavy atom. The number of nitrogens with zero attached hydrogens (tertiary/aromatic N) is 3. The SMILES string of the molecule is Cc1ccc(-n2c3ccccc3c3ccc(-c4cccc(-c5ccccn5)c4)nc32)[nH]1. The van der Waals surface area contributed by atoms with E-state index in [2.05, 4.69) is 94.3 Å². The number of para-hydroxylation sites is 1. The quantitative estimate of drug-likeness (QED) is 0.366. The highest BCUT2D eigenvalue weighted by Gasteiger charge is 2.15. The van der Waals surface area contributed by atoms with Crippen molar-refractivity contribution in [2.24, 2.45) is 0 Å². The van der Waals surface area contributed by atoms with Gasteiger partial charge in [-0.2, -0.15) is 0 Å². The lowest BCUT2D eigenvalue weighted by Crippen LogP contribution is -1.97. The van der Waals surface area contributed by atoms with Crippen LogP contribution in [-0.2, 0) is 0 Å². The summed E-state index contributed by atoms with van der Waals surface area (Å²) in [6, 6.07) is 31.3. The van der Waals surface area contributed by atoms with Crippen LogP contribution in [0.2, 0.25) is 0 Å². The van der Waals surface area contributed by atoms with E-state index in [1.54, 1.807) is 0 Å². The smallest absolute Gasteiger partial charge is 0.147 e. The zero-order valence-electron chi connectivity index (χ0n) is 17.1. The number of H-pyrrole nitrogens is 1. The molecule has 0 fully saturated rings. The Morgan fingerprint density at radius 1 is 0.710 bits per heavy atom. The van der Waals surface area contributed by atoms with Crippen molar-refractivity contribution in [3.8, 4) is 28.3 Å². The summed E-state index contributed by atoms with van der Waals surface area (Å²) >= 11 is 0. The molecule has 0 atom stereocenters. The summed E-state index contributed by atoms with van der Waals surface area (Å²) in [5.74, 6) is 1.02. The largest absolute Gasteiger partial charge is 0.345 e. The van der Waals surface area contributed by atoms with E-state index >= 15 is 0 Å². The van der Waals surface area contributed by atoms with E-state index in [4.69, 9.17) is 4.98 Å². The first-order chi connectivity index (χ1) is 15.3. The van der Waals surface area contributed by atoms with Gasteiger partial charge < -0.3 is 4.98 Å². The zero-order chi connectivity index (χ0) is 20.8. The van der Waals surface area contributed by atoms with E-state index in [9.17, 15) is 0 Å². The first kappa shape index (κ1) is 17.7. The predicted molar refractivity (Wildman–Crippen MR) is 126 cm³/mol. The lowest BCUT2D eigenvalue weighted by molar-refractivity contribution is 1.06. The van der Waals surface area contributed by atoms with Crippen LogP contribution in [0.3, 0.4) is 0 Å². The number of hydrogen-bond acceptors (Lipinski definition) is 2. The third-order valence-corrected chi connectivity index (χ3v) is 5.70. The lowest BCUT2D eigenvalue weighted by atomic mass is 10.0. The van der Waals surface area contributed by atoms with Crippen molar-refractivity contribution in [2.45, 2.75) is 6.92 Å². The van der Waals surface area contributed by atoms with Crippen LogP contribution < -0.4 is 0 Å². The minimum Gasteiger partial charge on any atom is -0.345 e. The van der Waals surface area contributed by atoms with Gasteiger partial charge in [0.2, 0.25) is 0 Å². The molecule has 0 aliphatic carbocycles.